The lowest BCUT2D eigenvalue weighted by atomic mass is 10.0. The minimum Gasteiger partial charge on any atom is -0.383 e. The molecule has 1 aromatic carbocycles. The Hall–Kier alpha value is -0.900. The van der Waals surface area contributed by atoms with Crippen LogP contribution in [0.2, 0.25) is 5.02 Å². The SMILES string of the molecule is COCCN(C1CC1)C(C)C(=O)c1cccc(Cl)c1. The Bertz CT molecular complexity index is 446. The van der Waals surface area contributed by atoms with Gasteiger partial charge in [0.05, 0.1) is 12.6 Å². The monoisotopic (exact) mass is 281 g/mol. The number of ether oxygens (including phenoxy) is 1. The van der Waals surface area contributed by atoms with E-state index in [0.29, 0.717) is 23.2 Å². The van der Waals surface area contributed by atoms with Crippen molar-refractivity contribution in [2.45, 2.75) is 31.8 Å². The third-order valence-electron chi connectivity index (χ3n) is 3.56. The maximum absolute atomic E-state index is 12.5. The van der Waals surface area contributed by atoms with Gasteiger partial charge in [0.2, 0.25) is 0 Å². The van der Waals surface area contributed by atoms with Gasteiger partial charge >= 0.3 is 0 Å². The molecule has 19 heavy (non-hydrogen) atoms. The molecule has 3 nitrogen and oxygen atoms in total. The number of Topliss-reactive ketones (excluding diaryl/α,β-unsaturated/α-hetero) is 1. The molecule has 0 spiro atoms. The van der Waals surface area contributed by atoms with E-state index < -0.39 is 0 Å². The number of halogens is 1. The van der Waals surface area contributed by atoms with Gasteiger partial charge in [-0.3, -0.25) is 9.69 Å². The van der Waals surface area contributed by atoms with Crippen LogP contribution in [-0.2, 0) is 4.74 Å². The topological polar surface area (TPSA) is 29.5 Å². The van der Waals surface area contributed by atoms with Gasteiger partial charge in [0, 0.05) is 30.3 Å². The van der Waals surface area contributed by atoms with Crippen molar-refractivity contribution in [3.8, 4) is 0 Å². The first-order chi connectivity index (χ1) is 9.13. The van der Waals surface area contributed by atoms with E-state index in [4.69, 9.17) is 16.3 Å². The molecular formula is C15H20ClNO2. The molecule has 0 saturated heterocycles. The van der Waals surface area contributed by atoms with Gasteiger partial charge in [-0.2, -0.15) is 0 Å². The highest BCUT2D eigenvalue weighted by atomic mass is 35.5. The van der Waals surface area contributed by atoms with Crippen LogP contribution in [0.15, 0.2) is 24.3 Å². The smallest absolute Gasteiger partial charge is 0.179 e. The average molecular weight is 282 g/mol. The van der Waals surface area contributed by atoms with Crippen LogP contribution in [0.3, 0.4) is 0 Å². The summed E-state index contributed by atoms with van der Waals surface area (Å²) < 4.78 is 5.13. The minimum atomic E-state index is -0.124. The Balaban J connectivity index is 2.07. The molecule has 0 bridgehead atoms. The van der Waals surface area contributed by atoms with Crippen LogP contribution in [-0.4, -0.2) is 43.0 Å². The van der Waals surface area contributed by atoms with Gasteiger partial charge in [0.1, 0.15) is 0 Å². The van der Waals surface area contributed by atoms with Gasteiger partial charge in [-0.25, -0.2) is 0 Å². The molecule has 1 fully saturated rings. The fourth-order valence-corrected chi connectivity index (χ4v) is 2.52. The van der Waals surface area contributed by atoms with E-state index in [-0.39, 0.29) is 11.8 Å². The number of methoxy groups -OCH3 is 1. The number of ketones is 1. The van der Waals surface area contributed by atoms with Gasteiger partial charge in [-0.1, -0.05) is 23.7 Å². The third-order valence-corrected chi connectivity index (χ3v) is 3.79. The highest BCUT2D eigenvalue weighted by Gasteiger charge is 2.34. The average Bonchev–Trinajstić information content (AvgIpc) is 3.22. The van der Waals surface area contributed by atoms with Crippen LogP contribution < -0.4 is 0 Å². The molecule has 104 valence electrons. The van der Waals surface area contributed by atoms with Crippen molar-refractivity contribution in [1.82, 2.24) is 4.90 Å². The summed E-state index contributed by atoms with van der Waals surface area (Å²) in [6, 6.07) is 7.58. The van der Waals surface area contributed by atoms with Crippen LogP contribution >= 0.6 is 11.6 Å². The molecule has 1 atom stereocenters. The Kier molecular flexibility index (Phi) is 4.97. The molecule has 0 N–H and O–H groups in total. The second-order valence-electron chi connectivity index (χ2n) is 5.01. The number of benzene rings is 1. The van der Waals surface area contributed by atoms with Crippen LogP contribution in [0.5, 0.6) is 0 Å². The van der Waals surface area contributed by atoms with Crippen molar-refractivity contribution >= 4 is 17.4 Å². The van der Waals surface area contributed by atoms with E-state index in [9.17, 15) is 4.79 Å². The fraction of sp³-hybridized carbons (Fsp3) is 0.533. The van der Waals surface area contributed by atoms with E-state index in [1.807, 2.05) is 19.1 Å². The number of hydrogen-bond donors (Lipinski definition) is 0. The molecule has 1 aromatic rings. The summed E-state index contributed by atoms with van der Waals surface area (Å²) in [5.74, 6) is 0.130. The van der Waals surface area contributed by atoms with E-state index >= 15 is 0 Å². The fourth-order valence-electron chi connectivity index (χ4n) is 2.33. The minimum absolute atomic E-state index is 0.124. The van der Waals surface area contributed by atoms with Crippen LogP contribution in [0, 0.1) is 0 Å². The molecule has 4 heteroatoms. The lowest BCUT2D eigenvalue weighted by Gasteiger charge is -2.27. The maximum Gasteiger partial charge on any atom is 0.179 e. The number of carbonyl (C=O) groups excluding carboxylic acids is 1. The van der Waals surface area contributed by atoms with Gasteiger partial charge in [0.15, 0.2) is 5.78 Å². The first-order valence-corrected chi connectivity index (χ1v) is 7.05. The predicted molar refractivity (Wildman–Crippen MR) is 76.8 cm³/mol. The Morgan fingerprint density at radius 2 is 2.26 bits per heavy atom. The van der Waals surface area contributed by atoms with Crippen molar-refractivity contribution in [3.05, 3.63) is 34.9 Å². The Labute approximate surface area is 119 Å². The molecule has 0 aromatic heterocycles. The number of carbonyl (C=O) groups is 1. The van der Waals surface area contributed by atoms with Crippen molar-refractivity contribution < 1.29 is 9.53 Å². The lowest BCUT2D eigenvalue weighted by molar-refractivity contribution is 0.0758. The molecule has 0 heterocycles. The van der Waals surface area contributed by atoms with Gasteiger partial charge in [0.25, 0.3) is 0 Å². The summed E-state index contributed by atoms with van der Waals surface area (Å²) in [5, 5.41) is 0.605. The van der Waals surface area contributed by atoms with Crippen LogP contribution in [0.25, 0.3) is 0 Å². The van der Waals surface area contributed by atoms with Gasteiger partial charge in [-0.05, 0) is 31.9 Å². The van der Waals surface area contributed by atoms with Gasteiger partial charge in [-0.15, -0.1) is 0 Å². The Morgan fingerprint density at radius 3 is 2.84 bits per heavy atom. The van der Waals surface area contributed by atoms with E-state index in [0.717, 1.165) is 6.54 Å². The van der Waals surface area contributed by atoms with Crippen molar-refractivity contribution in [2.75, 3.05) is 20.3 Å². The number of nitrogens with zero attached hydrogens (tertiary/aromatic N) is 1. The quantitative estimate of drug-likeness (QED) is 0.720. The molecule has 1 aliphatic carbocycles. The van der Waals surface area contributed by atoms with Gasteiger partial charge < -0.3 is 4.74 Å². The third kappa shape index (κ3) is 3.78. The largest absolute Gasteiger partial charge is 0.383 e. The zero-order valence-corrected chi connectivity index (χ0v) is 12.2. The molecular weight excluding hydrogens is 262 g/mol. The predicted octanol–water partition coefficient (Wildman–Crippen LogP) is 3.02. The normalized spacial score (nSPS) is 16.6. The summed E-state index contributed by atoms with van der Waals surface area (Å²) in [5.41, 5.74) is 0.683. The zero-order valence-electron chi connectivity index (χ0n) is 11.4. The standard InChI is InChI=1S/C15H20ClNO2/c1-11(17(8-9-19-2)14-6-7-14)15(18)12-4-3-5-13(16)10-12/h3-5,10-11,14H,6-9H2,1-2H3. The molecule has 0 radical (unpaired) electrons. The second kappa shape index (κ2) is 6.51. The zero-order chi connectivity index (χ0) is 13.8. The molecule has 0 aliphatic heterocycles. The highest BCUT2D eigenvalue weighted by Crippen LogP contribution is 2.29. The van der Waals surface area contributed by atoms with Crippen molar-refractivity contribution in [2.24, 2.45) is 0 Å². The molecule has 1 saturated carbocycles. The van der Waals surface area contributed by atoms with Crippen molar-refractivity contribution in [1.29, 1.82) is 0 Å². The maximum atomic E-state index is 12.5. The molecule has 1 unspecified atom stereocenters. The summed E-state index contributed by atoms with van der Waals surface area (Å²) in [6.07, 6.45) is 2.35. The first kappa shape index (κ1) is 14.5. The highest BCUT2D eigenvalue weighted by molar-refractivity contribution is 6.31. The molecule has 1 aliphatic rings. The summed E-state index contributed by atoms with van der Waals surface area (Å²) in [6.45, 7) is 3.43. The summed E-state index contributed by atoms with van der Waals surface area (Å²) >= 11 is 5.95. The lowest BCUT2D eigenvalue weighted by Crippen LogP contribution is -2.42. The second-order valence-corrected chi connectivity index (χ2v) is 5.45. The van der Waals surface area contributed by atoms with E-state index in [2.05, 4.69) is 4.90 Å². The van der Waals surface area contributed by atoms with Crippen LogP contribution in [0.1, 0.15) is 30.1 Å². The van der Waals surface area contributed by atoms with E-state index in [1.54, 1.807) is 19.2 Å². The van der Waals surface area contributed by atoms with Crippen molar-refractivity contribution in [3.63, 3.8) is 0 Å². The van der Waals surface area contributed by atoms with E-state index in [1.165, 1.54) is 12.8 Å². The number of hydrogen-bond acceptors (Lipinski definition) is 3. The summed E-state index contributed by atoms with van der Waals surface area (Å²) in [4.78, 5) is 14.7. The first-order valence-electron chi connectivity index (χ1n) is 6.68. The van der Waals surface area contributed by atoms with Crippen LogP contribution in [0.4, 0.5) is 0 Å². The molecule has 2 rings (SSSR count). The summed E-state index contributed by atoms with van der Waals surface area (Å²) in [7, 11) is 1.69. The molecule has 0 amide bonds. The number of rotatable bonds is 7. The Morgan fingerprint density at radius 1 is 1.53 bits per heavy atom.